The molecule has 0 aromatic heterocycles. The Morgan fingerprint density at radius 3 is 2.56 bits per heavy atom. The van der Waals surface area contributed by atoms with Gasteiger partial charge in [-0.3, -0.25) is 0 Å². The maximum Gasteiger partial charge on any atom is 0.171 e. The molecule has 0 amide bonds. The Labute approximate surface area is 160 Å². The van der Waals surface area contributed by atoms with Gasteiger partial charge in [0, 0.05) is 29.1 Å². The highest BCUT2D eigenvalue weighted by Gasteiger charge is 2.27. The first-order chi connectivity index (χ1) is 12.1. The van der Waals surface area contributed by atoms with Gasteiger partial charge in [0.15, 0.2) is 5.11 Å². The minimum absolute atomic E-state index is 0.420. The van der Waals surface area contributed by atoms with Crippen LogP contribution in [-0.4, -0.2) is 24.7 Å². The lowest BCUT2D eigenvalue weighted by atomic mass is 10.1. The molecule has 5 heteroatoms. The van der Waals surface area contributed by atoms with Gasteiger partial charge >= 0.3 is 0 Å². The number of rotatable bonds is 5. The Kier molecular flexibility index (Phi) is 6.29. The second-order valence-electron chi connectivity index (χ2n) is 6.58. The zero-order valence-electron chi connectivity index (χ0n) is 14.5. The van der Waals surface area contributed by atoms with Crippen molar-refractivity contribution in [3.05, 3.63) is 64.7 Å². The summed E-state index contributed by atoms with van der Waals surface area (Å²) >= 11 is 11.7. The number of halogens is 1. The van der Waals surface area contributed by atoms with Crippen molar-refractivity contribution in [3.63, 3.8) is 0 Å². The molecule has 0 radical (unpaired) electrons. The van der Waals surface area contributed by atoms with E-state index in [2.05, 4.69) is 41.0 Å². The molecule has 2 aromatic rings. The van der Waals surface area contributed by atoms with Gasteiger partial charge in [-0.25, -0.2) is 0 Å². The fourth-order valence-electron chi connectivity index (χ4n) is 3.46. The van der Waals surface area contributed by atoms with Crippen molar-refractivity contribution in [1.29, 1.82) is 0 Å². The third-order valence-corrected chi connectivity index (χ3v) is 5.58. The van der Waals surface area contributed by atoms with Crippen LogP contribution in [0.25, 0.3) is 0 Å². The fourth-order valence-corrected chi connectivity index (χ4v) is 3.83. The lowest BCUT2D eigenvalue weighted by molar-refractivity contribution is -0.918. The monoisotopic (exact) mass is 374 g/mol. The zero-order valence-corrected chi connectivity index (χ0v) is 16.1. The molecule has 25 heavy (non-hydrogen) atoms. The van der Waals surface area contributed by atoms with E-state index < -0.39 is 0 Å². The van der Waals surface area contributed by atoms with Gasteiger partial charge in [-0.2, -0.15) is 0 Å². The Balaban J connectivity index is 1.64. The third kappa shape index (κ3) is 4.72. The zero-order chi connectivity index (χ0) is 17.6. The maximum absolute atomic E-state index is 6.18. The number of likely N-dealkylation sites (tertiary alicyclic amines) is 1. The van der Waals surface area contributed by atoms with Crippen molar-refractivity contribution < 1.29 is 4.90 Å². The lowest BCUT2D eigenvalue weighted by Crippen LogP contribution is -3.11. The second-order valence-corrected chi connectivity index (χ2v) is 7.39. The SMILES string of the molecule is Cc1c(Cl)cccc1NC(=S)NC[C@H](c1ccccc1)[NH+]1CCCC1. The molecule has 2 aromatic carbocycles. The third-order valence-electron chi connectivity index (χ3n) is 4.92. The van der Waals surface area contributed by atoms with Crippen molar-refractivity contribution in [2.45, 2.75) is 25.8 Å². The van der Waals surface area contributed by atoms with Gasteiger partial charge in [0.1, 0.15) is 6.04 Å². The smallest absolute Gasteiger partial charge is 0.171 e. The van der Waals surface area contributed by atoms with Crippen molar-refractivity contribution in [2.75, 3.05) is 25.0 Å². The van der Waals surface area contributed by atoms with Gasteiger partial charge in [-0.15, -0.1) is 0 Å². The number of thiocarbonyl (C=S) groups is 1. The molecule has 0 bridgehead atoms. The molecule has 1 heterocycles. The van der Waals surface area contributed by atoms with Crippen LogP contribution < -0.4 is 15.5 Å². The lowest BCUT2D eigenvalue weighted by Gasteiger charge is -2.26. The number of hydrogen-bond donors (Lipinski definition) is 3. The molecule has 0 unspecified atom stereocenters. The Hall–Kier alpha value is -1.62. The standard InChI is InChI=1S/C20H24ClN3S/c1-15-17(21)10-7-11-18(15)23-20(25)22-14-19(24-12-5-6-13-24)16-8-3-2-4-9-16/h2-4,7-11,19H,5-6,12-14H2,1H3,(H2,22,23,25)/p+1/t19-/m1/s1. The first kappa shape index (κ1) is 18.2. The highest BCUT2D eigenvalue weighted by molar-refractivity contribution is 7.80. The molecular weight excluding hydrogens is 350 g/mol. The first-order valence-corrected chi connectivity index (χ1v) is 9.63. The number of quaternary nitrogens is 1. The first-order valence-electron chi connectivity index (χ1n) is 8.84. The molecule has 0 aliphatic carbocycles. The summed E-state index contributed by atoms with van der Waals surface area (Å²) in [4.78, 5) is 1.64. The van der Waals surface area contributed by atoms with Crippen LogP contribution in [0.3, 0.4) is 0 Å². The van der Waals surface area contributed by atoms with Crippen molar-refractivity contribution in [2.24, 2.45) is 0 Å². The predicted molar refractivity (Wildman–Crippen MR) is 110 cm³/mol. The molecule has 1 aliphatic heterocycles. The summed E-state index contributed by atoms with van der Waals surface area (Å²) in [6.45, 7) is 5.28. The van der Waals surface area contributed by atoms with Gasteiger partial charge in [0.05, 0.1) is 19.6 Å². The van der Waals surface area contributed by atoms with Crippen LogP contribution in [0.15, 0.2) is 48.5 Å². The number of anilines is 1. The quantitative estimate of drug-likeness (QED) is 0.701. The van der Waals surface area contributed by atoms with Gasteiger partial charge in [0.2, 0.25) is 0 Å². The van der Waals surface area contributed by atoms with Crippen molar-refractivity contribution >= 4 is 34.6 Å². The van der Waals surface area contributed by atoms with E-state index in [1.165, 1.54) is 31.5 Å². The van der Waals surface area contributed by atoms with Gasteiger partial charge in [0.25, 0.3) is 0 Å². The Morgan fingerprint density at radius 2 is 1.84 bits per heavy atom. The van der Waals surface area contributed by atoms with E-state index >= 15 is 0 Å². The van der Waals surface area contributed by atoms with E-state index in [0.29, 0.717) is 11.2 Å². The van der Waals surface area contributed by atoms with Crippen LogP contribution in [0.2, 0.25) is 5.02 Å². The largest absolute Gasteiger partial charge is 0.356 e. The Bertz CT molecular complexity index is 714. The van der Waals surface area contributed by atoms with E-state index in [4.69, 9.17) is 23.8 Å². The summed E-state index contributed by atoms with van der Waals surface area (Å²) in [6, 6.07) is 17.0. The minimum atomic E-state index is 0.420. The van der Waals surface area contributed by atoms with Crippen LogP contribution in [0.4, 0.5) is 5.69 Å². The van der Waals surface area contributed by atoms with Gasteiger partial charge in [-0.05, 0) is 36.8 Å². The van der Waals surface area contributed by atoms with Crippen LogP contribution in [0.1, 0.15) is 30.0 Å². The Morgan fingerprint density at radius 1 is 1.12 bits per heavy atom. The average molecular weight is 375 g/mol. The summed E-state index contributed by atoms with van der Waals surface area (Å²) in [6.07, 6.45) is 2.62. The van der Waals surface area contributed by atoms with Crippen LogP contribution in [0, 0.1) is 6.92 Å². The second kappa shape index (κ2) is 8.65. The topological polar surface area (TPSA) is 28.5 Å². The molecule has 0 spiro atoms. The van der Waals surface area contributed by atoms with Crippen LogP contribution >= 0.6 is 23.8 Å². The summed E-state index contributed by atoms with van der Waals surface area (Å²) in [7, 11) is 0. The van der Waals surface area contributed by atoms with Crippen molar-refractivity contribution in [3.8, 4) is 0 Å². The maximum atomic E-state index is 6.18. The molecule has 3 nitrogen and oxygen atoms in total. The van der Waals surface area contributed by atoms with Crippen LogP contribution in [-0.2, 0) is 0 Å². The van der Waals surface area contributed by atoms with Gasteiger partial charge in [-0.1, -0.05) is 48.0 Å². The normalized spacial score (nSPS) is 15.8. The van der Waals surface area contributed by atoms with E-state index in [1.54, 1.807) is 4.90 Å². The van der Waals surface area contributed by atoms with E-state index in [-0.39, 0.29) is 0 Å². The fraction of sp³-hybridized carbons (Fsp3) is 0.350. The molecule has 3 N–H and O–H groups in total. The molecule has 1 aliphatic rings. The van der Waals surface area contributed by atoms with Crippen LogP contribution in [0.5, 0.6) is 0 Å². The number of nitrogens with one attached hydrogen (secondary N) is 3. The molecule has 3 rings (SSSR count). The van der Waals surface area contributed by atoms with E-state index in [9.17, 15) is 0 Å². The molecular formula is C20H25ClN3S+. The molecule has 0 saturated carbocycles. The average Bonchev–Trinajstić information content (AvgIpc) is 3.14. The predicted octanol–water partition coefficient (Wildman–Crippen LogP) is 3.35. The summed E-state index contributed by atoms with van der Waals surface area (Å²) in [5.41, 5.74) is 3.33. The number of hydrogen-bond acceptors (Lipinski definition) is 1. The van der Waals surface area contributed by atoms with E-state index in [1.807, 2.05) is 25.1 Å². The highest BCUT2D eigenvalue weighted by Crippen LogP contribution is 2.22. The molecule has 1 atom stereocenters. The highest BCUT2D eigenvalue weighted by atomic mass is 35.5. The van der Waals surface area contributed by atoms with Gasteiger partial charge < -0.3 is 15.5 Å². The summed E-state index contributed by atoms with van der Waals surface area (Å²) in [5.74, 6) is 0. The minimum Gasteiger partial charge on any atom is -0.356 e. The molecule has 1 fully saturated rings. The summed E-state index contributed by atoms with van der Waals surface area (Å²) < 4.78 is 0. The summed E-state index contributed by atoms with van der Waals surface area (Å²) in [5, 5.41) is 8.07. The molecule has 132 valence electrons. The van der Waals surface area contributed by atoms with E-state index in [0.717, 1.165) is 22.8 Å². The molecule has 1 saturated heterocycles. The van der Waals surface area contributed by atoms with Crippen molar-refractivity contribution in [1.82, 2.24) is 5.32 Å². The number of benzene rings is 2.